The zero-order chi connectivity index (χ0) is 13.8. The molecule has 0 unspecified atom stereocenters. The number of furan rings is 1. The Kier molecular flexibility index (Phi) is 4.05. The molecule has 1 fully saturated rings. The summed E-state index contributed by atoms with van der Waals surface area (Å²) in [6, 6.07) is 2.63. The molecule has 2 heterocycles. The number of carbonyl (C=O) groups is 1. The topological polar surface area (TPSA) is 98.2 Å². The number of hydrogen-bond donors (Lipinski definition) is 0. The summed E-state index contributed by atoms with van der Waals surface area (Å²) in [6.07, 6.45) is 2.44. The fourth-order valence-electron chi connectivity index (χ4n) is 1.51. The van der Waals surface area contributed by atoms with E-state index in [2.05, 4.69) is 5.10 Å². The molecule has 0 saturated carbocycles. The zero-order valence-corrected chi connectivity index (χ0v) is 10.8. The molecule has 8 nitrogen and oxygen atoms in total. The molecule has 1 saturated heterocycles. The van der Waals surface area contributed by atoms with Crippen LogP contribution in [-0.4, -0.2) is 46.9 Å². The van der Waals surface area contributed by atoms with Gasteiger partial charge in [-0.3, -0.25) is 10.1 Å². The molecule has 19 heavy (non-hydrogen) atoms. The normalized spacial score (nSPS) is 19.1. The number of nitrogens with zero attached hydrogens (tertiary/aromatic N) is 3. The van der Waals surface area contributed by atoms with Crippen LogP contribution in [0.2, 0.25) is 0 Å². The van der Waals surface area contributed by atoms with E-state index < -0.39 is 11.0 Å². The number of carbonyl (C=O) groups excluding carboxylic acids is 1. The van der Waals surface area contributed by atoms with Crippen molar-refractivity contribution in [3.63, 3.8) is 0 Å². The van der Waals surface area contributed by atoms with E-state index in [0.717, 1.165) is 5.01 Å². The van der Waals surface area contributed by atoms with Crippen LogP contribution in [0.25, 0.3) is 0 Å². The summed E-state index contributed by atoms with van der Waals surface area (Å²) in [7, 11) is 0. The monoisotopic (exact) mass is 285 g/mol. The van der Waals surface area contributed by atoms with Crippen molar-refractivity contribution in [2.45, 2.75) is 6.10 Å². The Balaban J connectivity index is 1.98. The molecule has 0 bridgehead atoms. The van der Waals surface area contributed by atoms with Crippen LogP contribution in [0.4, 0.5) is 10.7 Å². The zero-order valence-electron chi connectivity index (χ0n) is 10.0. The molecule has 1 aliphatic rings. The molecule has 0 radical (unpaired) electrons. The first kappa shape index (κ1) is 13.4. The van der Waals surface area contributed by atoms with E-state index in [-0.39, 0.29) is 17.7 Å². The molecule has 1 atom stereocenters. The Bertz CT molecular complexity index is 515. The molecular formula is C10H11N3O5S. The van der Waals surface area contributed by atoms with Crippen LogP contribution in [0.5, 0.6) is 0 Å². The minimum atomic E-state index is -0.643. The summed E-state index contributed by atoms with van der Waals surface area (Å²) in [6.45, 7) is 0.360. The fraction of sp³-hybridized carbons (Fsp3) is 0.400. The van der Waals surface area contributed by atoms with Crippen LogP contribution in [0, 0.1) is 10.1 Å². The van der Waals surface area contributed by atoms with Gasteiger partial charge in [-0.15, -0.1) is 0 Å². The van der Waals surface area contributed by atoms with E-state index in [9.17, 15) is 14.9 Å². The molecule has 1 amide bonds. The van der Waals surface area contributed by atoms with Gasteiger partial charge < -0.3 is 9.15 Å². The standard InChI is InChI=1S/C10H11N3O5S/c1-19-6-8-5-12(10(14)18-8)11-4-7-2-3-9(17-7)13(15)16/h2-4,8H,5-6H2,1H3/b11-4+/t8-/m0/s1. The van der Waals surface area contributed by atoms with Crippen molar-refractivity contribution in [1.82, 2.24) is 5.01 Å². The van der Waals surface area contributed by atoms with Crippen molar-refractivity contribution in [1.29, 1.82) is 0 Å². The van der Waals surface area contributed by atoms with Gasteiger partial charge in [-0.05, 0) is 12.3 Å². The van der Waals surface area contributed by atoms with Crippen LogP contribution < -0.4 is 0 Å². The minimum absolute atomic E-state index is 0.189. The lowest BCUT2D eigenvalue weighted by Crippen LogP contribution is -2.19. The summed E-state index contributed by atoms with van der Waals surface area (Å²) in [4.78, 5) is 21.2. The van der Waals surface area contributed by atoms with Gasteiger partial charge in [-0.1, -0.05) is 0 Å². The van der Waals surface area contributed by atoms with Crippen molar-refractivity contribution in [3.05, 3.63) is 28.0 Å². The highest BCUT2D eigenvalue weighted by atomic mass is 32.2. The van der Waals surface area contributed by atoms with Crippen molar-refractivity contribution >= 4 is 30.0 Å². The fourth-order valence-corrected chi connectivity index (χ4v) is 2.06. The number of thioether (sulfide) groups is 1. The van der Waals surface area contributed by atoms with Gasteiger partial charge in [0.25, 0.3) is 0 Å². The second kappa shape index (κ2) is 5.74. The number of amides is 1. The van der Waals surface area contributed by atoms with Gasteiger partial charge in [0, 0.05) is 5.75 Å². The first-order valence-corrected chi connectivity index (χ1v) is 6.75. The Morgan fingerprint density at radius 2 is 2.47 bits per heavy atom. The third-order valence-corrected chi connectivity index (χ3v) is 3.03. The van der Waals surface area contributed by atoms with Crippen molar-refractivity contribution in [2.24, 2.45) is 5.10 Å². The van der Waals surface area contributed by atoms with Crippen LogP contribution in [0.15, 0.2) is 21.7 Å². The largest absolute Gasteiger partial charge is 0.442 e. The van der Waals surface area contributed by atoms with Crippen LogP contribution in [0.1, 0.15) is 5.76 Å². The molecule has 0 aliphatic carbocycles. The average molecular weight is 285 g/mol. The first-order chi connectivity index (χ1) is 9.10. The minimum Gasteiger partial charge on any atom is -0.442 e. The lowest BCUT2D eigenvalue weighted by atomic mass is 10.4. The highest BCUT2D eigenvalue weighted by molar-refractivity contribution is 7.98. The summed E-state index contributed by atoms with van der Waals surface area (Å²) in [5.41, 5.74) is 0. The van der Waals surface area contributed by atoms with E-state index in [1.54, 1.807) is 11.8 Å². The van der Waals surface area contributed by atoms with Gasteiger partial charge in [0.2, 0.25) is 0 Å². The second-order valence-corrected chi connectivity index (χ2v) is 4.63. The Morgan fingerprint density at radius 1 is 1.68 bits per heavy atom. The van der Waals surface area contributed by atoms with E-state index in [0.29, 0.717) is 12.3 Å². The Morgan fingerprint density at radius 3 is 3.11 bits per heavy atom. The molecule has 102 valence electrons. The third kappa shape index (κ3) is 3.25. The number of hydrazone groups is 1. The van der Waals surface area contributed by atoms with Gasteiger partial charge in [0.05, 0.1) is 18.8 Å². The predicted molar refractivity (Wildman–Crippen MR) is 68.3 cm³/mol. The summed E-state index contributed by atoms with van der Waals surface area (Å²) < 4.78 is 9.94. The molecule has 0 N–H and O–H groups in total. The molecule has 0 aromatic carbocycles. The van der Waals surface area contributed by atoms with Crippen molar-refractivity contribution < 1.29 is 18.9 Å². The van der Waals surface area contributed by atoms with Gasteiger partial charge >= 0.3 is 12.0 Å². The Hall–Kier alpha value is -2.03. The van der Waals surface area contributed by atoms with Gasteiger partial charge in [0.1, 0.15) is 11.0 Å². The maximum atomic E-state index is 11.4. The highest BCUT2D eigenvalue weighted by Gasteiger charge is 2.30. The molecule has 2 rings (SSSR count). The van der Waals surface area contributed by atoms with E-state index in [1.807, 2.05) is 6.26 Å². The summed E-state index contributed by atoms with van der Waals surface area (Å²) in [5, 5.41) is 15.5. The SMILES string of the molecule is CSC[C@@H]1CN(/N=C/c2ccc([N+](=O)[O-])o2)C(=O)O1. The number of cyclic esters (lactones) is 1. The maximum absolute atomic E-state index is 11.4. The van der Waals surface area contributed by atoms with Gasteiger partial charge in [-0.25, -0.2) is 4.79 Å². The van der Waals surface area contributed by atoms with Crippen molar-refractivity contribution in [2.75, 3.05) is 18.6 Å². The van der Waals surface area contributed by atoms with Crippen LogP contribution in [-0.2, 0) is 4.74 Å². The highest BCUT2D eigenvalue weighted by Crippen LogP contribution is 2.16. The molecular weight excluding hydrogens is 274 g/mol. The lowest BCUT2D eigenvalue weighted by Gasteiger charge is -2.04. The summed E-state index contributed by atoms with van der Waals surface area (Å²) >= 11 is 1.57. The van der Waals surface area contributed by atoms with Gasteiger partial charge in [0.15, 0.2) is 5.76 Å². The third-order valence-electron chi connectivity index (χ3n) is 2.32. The van der Waals surface area contributed by atoms with E-state index >= 15 is 0 Å². The second-order valence-electron chi connectivity index (χ2n) is 3.72. The predicted octanol–water partition coefficient (Wildman–Crippen LogP) is 1.71. The summed E-state index contributed by atoms with van der Waals surface area (Å²) in [5.74, 6) is 0.530. The van der Waals surface area contributed by atoms with E-state index in [1.165, 1.54) is 18.3 Å². The number of nitro groups is 1. The number of ether oxygens (including phenoxy) is 1. The number of hydrogen-bond acceptors (Lipinski definition) is 7. The first-order valence-electron chi connectivity index (χ1n) is 5.35. The Labute approximate surface area is 112 Å². The molecule has 1 aromatic heterocycles. The molecule has 9 heteroatoms. The lowest BCUT2D eigenvalue weighted by molar-refractivity contribution is -0.402. The number of rotatable bonds is 5. The molecule has 1 aromatic rings. The van der Waals surface area contributed by atoms with Gasteiger partial charge in [-0.2, -0.15) is 21.9 Å². The molecule has 0 spiro atoms. The van der Waals surface area contributed by atoms with Crippen LogP contribution >= 0.6 is 11.8 Å². The molecule has 1 aliphatic heterocycles. The van der Waals surface area contributed by atoms with Crippen molar-refractivity contribution in [3.8, 4) is 0 Å². The maximum Gasteiger partial charge on any atom is 0.433 e. The smallest absolute Gasteiger partial charge is 0.433 e. The van der Waals surface area contributed by atoms with E-state index in [4.69, 9.17) is 9.15 Å². The average Bonchev–Trinajstić information content (AvgIpc) is 2.94. The van der Waals surface area contributed by atoms with Crippen LogP contribution in [0.3, 0.4) is 0 Å². The quantitative estimate of drug-likeness (QED) is 0.464.